The zero-order valence-electron chi connectivity index (χ0n) is 6.95. The number of hydrogen-bond donors (Lipinski definition) is 0. The molecule has 0 heterocycles. The van der Waals surface area contributed by atoms with Crippen molar-refractivity contribution in [3.8, 4) is 0 Å². The van der Waals surface area contributed by atoms with Crippen LogP contribution in [0.1, 0.15) is 17.3 Å². The molecule has 0 bridgehead atoms. The fourth-order valence-corrected chi connectivity index (χ4v) is 0.794. The molecule has 1 rings (SSSR count). The summed E-state index contributed by atoms with van der Waals surface area (Å²) in [6.45, 7) is 1.82. The summed E-state index contributed by atoms with van der Waals surface area (Å²) in [5, 5.41) is 0. The summed E-state index contributed by atoms with van der Waals surface area (Å²) in [4.78, 5) is 11.1. The van der Waals surface area contributed by atoms with Crippen LogP contribution in [0.15, 0.2) is 36.4 Å². The molecule has 0 fully saturated rings. The van der Waals surface area contributed by atoms with E-state index in [1.165, 1.54) is 0 Å². The Balaban J connectivity index is 0.00000121. The Labute approximate surface area is 97.7 Å². The first-order chi connectivity index (χ1) is 5.34. The molecule has 1 aromatic rings. The van der Waals surface area contributed by atoms with Gasteiger partial charge in [0.25, 0.3) is 0 Å². The van der Waals surface area contributed by atoms with Gasteiger partial charge in [0.2, 0.25) is 0 Å². The van der Waals surface area contributed by atoms with Gasteiger partial charge in [-0.25, -0.2) is 0 Å². The number of ketones is 1. The second-order valence-electron chi connectivity index (χ2n) is 2.16. The Bertz CT molecular complexity index is 264. The summed E-state index contributed by atoms with van der Waals surface area (Å²) in [7, 11) is 0. The number of carbonyl (C=O) groups excluding carboxylic acids is 1. The number of rotatable bonds is 2. The van der Waals surface area contributed by atoms with Crippen LogP contribution in [0.25, 0.3) is 0 Å². The van der Waals surface area contributed by atoms with E-state index < -0.39 is 0 Å². The second-order valence-corrected chi connectivity index (χ2v) is 2.16. The predicted molar refractivity (Wildman–Crippen MR) is 44.4 cm³/mol. The smallest absolute Gasteiger partial charge is 0.131 e. The van der Waals surface area contributed by atoms with Crippen LogP contribution >= 0.6 is 0 Å². The molecular formula is C10H9OY-. The van der Waals surface area contributed by atoms with E-state index in [1.54, 1.807) is 36.4 Å². The zero-order chi connectivity index (χ0) is 8.10. The van der Waals surface area contributed by atoms with E-state index in [4.69, 9.17) is 0 Å². The van der Waals surface area contributed by atoms with Crippen LogP contribution in [-0.2, 0) is 32.7 Å². The molecule has 1 radical (unpaired) electrons. The summed E-state index contributed by atoms with van der Waals surface area (Å²) in [5.41, 5.74) is 0.686. The van der Waals surface area contributed by atoms with E-state index in [1.807, 2.05) is 6.92 Å². The summed E-state index contributed by atoms with van der Waals surface area (Å²) < 4.78 is 0. The van der Waals surface area contributed by atoms with Crippen molar-refractivity contribution in [2.24, 2.45) is 0 Å². The number of hydrogen-bond acceptors (Lipinski definition) is 1. The first kappa shape index (κ1) is 11.7. The van der Waals surface area contributed by atoms with Crippen molar-refractivity contribution in [3.63, 3.8) is 0 Å². The first-order valence-electron chi connectivity index (χ1n) is 3.47. The van der Waals surface area contributed by atoms with Gasteiger partial charge in [0.05, 0.1) is 0 Å². The van der Waals surface area contributed by atoms with E-state index in [0.29, 0.717) is 5.56 Å². The third-order valence-corrected chi connectivity index (χ3v) is 1.31. The molecule has 0 amide bonds. The van der Waals surface area contributed by atoms with Crippen LogP contribution in [0.3, 0.4) is 0 Å². The summed E-state index contributed by atoms with van der Waals surface area (Å²) in [6.07, 6.45) is 3.28. The Kier molecular flexibility index (Phi) is 6.13. The van der Waals surface area contributed by atoms with Gasteiger partial charge >= 0.3 is 0 Å². The molecule has 0 spiro atoms. The third-order valence-electron chi connectivity index (χ3n) is 1.31. The van der Waals surface area contributed by atoms with Gasteiger partial charge in [-0.2, -0.15) is 30.3 Å². The third kappa shape index (κ3) is 3.42. The maximum Gasteiger partial charge on any atom is 0.131 e. The van der Waals surface area contributed by atoms with Crippen molar-refractivity contribution in [2.75, 3.05) is 0 Å². The molecule has 0 aliphatic heterocycles. The zero-order valence-corrected chi connectivity index (χ0v) is 9.79. The average molecular weight is 234 g/mol. The number of allylic oxidation sites excluding steroid dienone is 2. The minimum absolute atomic E-state index is 0. The van der Waals surface area contributed by atoms with E-state index >= 15 is 0 Å². The SMILES string of the molecule is C/C=C/C(=O)c1c[c-]ccc1.[Y]. The van der Waals surface area contributed by atoms with Gasteiger partial charge in [0.1, 0.15) is 5.78 Å². The summed E-state index contributed by atoms with van der Waals surface area (Å²) in [6, 6.07) is 9.88. The topological polar surface area (TPSA) is 17.1 Å². The molecule has 0 N–H and O–H groups in total. The van der Waals surface area contributed by atoms with Crippen LogP contribution < -0.4 is 0 Å². The quantitative estimate of drug-likeness (QED) is 0.435. The molecule has 0 saturated heterocycles. The molecule has 59 valence electrons. The van der Waals surface area contributed by atoms with Gasteiger partial charge in [-0.1, -0.05) is 11.6 Å². The van der Waals surface area contributed by atoms with E-state index in [9.17, 15) is 4.79 Å². The molecule has 1 aromatic carbocycles. The Morgan fingerprint density at radius 1 is 1.58 bits per heavy atom. The first-order valence-corrected chi connectivity index (χ1v) is 3.47. The predicted octanol–water partition coefficient (Wildman–Crippen LogP) is 2.24. The minimum atomic E-state index is 0. The number of carbonyl (C=O) groups is 1. The fraction of sp³-hybridized carbons (Fsp3) is 0.100. The van der Waals surface area contributed by atoms with E-state index in [0.717, 1.165) is 0 Å². The van der Waals surface area contributed by atoms with Crippen LogP contribution in [-0.4, -0.2) is 5.78 Å². The summed E-state index contributed by atoms with van der Waals surface area (Å²) >= 11 is 0. The van der Waals surface area contributed by atoms with Crippen molar-refractivity contribution in [1.29, 1.82) is 0 Å². The minimum Gasteiger partial charge on any atom is -0.304 e. The molecule has 0 unspecified atom stereocenters. The van der Waals surface area contributed by atoms with E-state index in [-0.39, 0.29) is 38.5 Å². The largest absolute Gasteiger partial charge is 0.304 e. The van der Waals surface area contributed by atoms with Crippen LogP contribution in [0.4, 0.5) is 0 Å². The van der Waals surface area contributed by atoms with Crippen molar-refractivity contribution in [1.82, 2.24) is 0 Å². The van der Waals surface area contributed by atoms with Gasteiger partial charge in [0.15, 0.2) is 0 Å². The van der Waals surface area contributed by atoms with Gasteiger partial charge in [-0.05, 0) is 13.0 Å². The average Bonchev–Trinajstić information content (AvgIpc) is 2.07. The standard InChI is InChI=1S/C10H9O.Y/c1-2-6-10(11)9-7-4-3-5-8-9;/h2-4,6-8H,1H3;/q-1;/b6-2+;. The van der Waals surface area contributed by atoms with E-state index in [2.05, 4.69) is 6.07 Å². The van der Waals surface area contributed by atoms with Crippen molar-refractivity contribution in [2.45, 2.75) is 6.92 Å². The van der Waals surface area contributed by atoms with Crippen molar-refractivity contribution >= 4 is 5.78 Å². The Morgan fingerprint density at radius 3 is 2.83 bits per heavy atom. The Morgan fingerprint density at radius 2 is 2.33 bits per heavy atom. The van der Waals surface area contributed by atoms with Crippen molar-refractivity contribution < 1.29 is 37.5 Å². The van der Waals surface area contributed by atoms with Crippen LogP contribution in [0.5, 0.6) is 0 Å². The molecule has 0 aliphatic rings. The molecule has 12 heavy (non-hydrogen) atoms. The maximum absolute atomic E-state index is 11.1. The van der Waals surface area contributed by atoms with Crippen LogP contribution in [0, 0.1) is 6.07 Å². The molecule has 0 aliphatic carbocycles. The molecule has 0 aromatic heterocycles. The molecule has 1 nitrogen and oxygen atoms in total. The maximum atomic E-state index is 11.1. The molecular weight excluding hydrogens is 225 g/mol. The molecule has 0 atom stereocenters. The van der Waals surface area contributed by atoms with Gasteiger partial charge in [-0.3, -0.25) is 0 Å². The fourth-order valence-electron chi connectivity index (χ4n) is 0.794. The Hall–Kier alpha value is -0.266. The summed E-state index contributed by atoms with van der Waals surface area (Å²) in [5.74, 6) is 0.0318. The monoisotopic (exact) mass is 234 g/mol. The van der Waals surface area contributed by atoms with Gasteiger partial charge in [0, 0.05) is 32.7 Å². The van der Waals surface area contributed by atoms with Gasteiger partial charge in [-0.15, -0.1) is 0 Å². The van der Waals surface area contributed by atoms with Crippen molar-refractivity contribution in [3.05, 3.63) is 48.0 Å². The van der Waals surface area contributed by atoms with Crippen LogP contribution in [0.2, 0.25) is 0 Å². The molecule has 2 heteroatoms. The second kappa shape index (κ2) is 6.27. The molecule has 0 saturated carbocycles. The normalized spacial score (nSPS) is 9.42. The number of benzene rings is 1. The van der Waals surface area contributed by atoms with Gasteiger partial charge < -0.3 is 4.79 Å².